The highest BCUT2D eigenvalue weighted by Gasteiger charge is 2.17. The van der Waals surface area contributed by atoms with E-state index in [1.807, 2.05) is 30.3 Å². The first kappa shape index (κ1) is 29.3. The zero-order valence-electron chi connectivity index (χ0n) is 20.2. The van der Waals surface area contributed by atoms with Crippen LogP contribution in [0.4, 0.5) is 0 Å². The van der Waals surface area contributed by atoms with Crippen molar-refractivity contribution in [1.82, 2.24) is 5.32 Å². The molecule has 30 heavy (non-hydrogen) atoms. The predicted octanol–water partition coefficient (Wildman–Crippen LogP) is 8.73. The number of para-hydroxylation sites is 1. The maximum Gasteiger partial charge on any atom is 0.119 e. The summed E-state index contributed by atoms with van der Waals surface area (Å²) < 4.78 is 5.89. The van der Waals surface area contributed by atoms with Crippen LogP contribution in [0.25, 0.3) is 0 Å². The lowest BCUT2D eigenvalue weighted by Crippen LogP contribution is -2.45. The Labute approximate surface area is 194 Å². The second-order valence-corrected chi connectivity index (χ2v) is 9.36. The second kappa shape index (κ2) is 20.2. The Morgan fingerprint density at radius 2 is 1.10 bits per heavy atom. The molecule has 0 heterocycles. The first-order valence-corrected chi connectivity index (χ1v) is 12.6. The van der Waals surface area contributed by atoms with Crippen molar-refractivity contribution < 1.29 is 4.74 Å². The van der Waals surface area contributed by atoms with Crippen LogP contribution in [0.2, 0.25) is 0 Å². The van der Waals surface area contributed by atoms with Crippen molar-refractivity contribution in [2.75, 3.05) is 13.2 Å². The average molecular weight is 440 g/mol. The van der Waals surface area contributed by atoms with Gasteiger partial charge in [0.05, 0.1) is 0 Å². The number of hydrogen-bond donors (Lipinski definition) is 1. The van der Waals surface area contributed by atoms with E-state index in [0.29, 0.717) is 6.61 Å². The van der Waals surface area contributed by atoms with Crippen LogP contribution in [0, 0.1) is 0 Å². The number of unbranched alkanes of at least 4 members (excludes halogenated alkanes) is 14. The van der Waals surface area contributed by atoms with Crippen molar-refractivity contribution in [2.45, 2.75) is 123 Å². The molecule has 1 aromatic carbocycles. The van der Waals surface area contributed by atoms with Gasteiger partial charge in [-0.05, 0) is 38.9 Å². The van der Waals surface area contributed by atoms with Gasteiger partial charge >= 0.3 is 0 Å². The standard InChI is InChI=1S/C27H49NO.ClH/c1-4-5-6-7-8-9-10-11-12-13-14-15-16-17-21-24-28-27(2,3)25-29-26-22-19-18-20-23-26;/h18-20,22-23,28H,4-17,21,24-25H2,1-3H3;1H. The van der Waals surface area contributed by atoms with E-state index in [9.17, 15) is 0 Å². The highest BCUT2D eigenvalue weighted by Crippen LogP contribution is 2.14. The molecule has 2 nitrogen and oxygen atoms in total. The lowest BCUT2D eigenvalue weighted by Gasteiger charge is -2.26. The van der Waals surface area contributed by atoms with Crippen LogP contribution >= 0.6 is 12.4 Å². The van der Waals surface area contributed by atoms with E-state index in [1.165, 1.54) is 96.3 Å². The van der Waals surface area contributed by atoms with Gasteiger partial charge in [-0.3, -0.25) is 0 Å². The molecule has 0 fully saturated rings. The van der Waals surface area contributed by atoms with Gasteiger partial charge < -0.3 is 10.1 Å². The van der Waals surface area contributed by atoms with Gasteiger partial charge in [-0.25, -0.2) is 0 Å². The van der Waals surface area contributed by atoms with Gasteiger partial charge in [0, 0.05) is 5.54 Å². The van der Waals surface area contributed by atoms with Crippen molar-refractivity contribution >= 4 is 12.4 Å². The highest BCUT2D eigenvalue weighted by atomic mass is 35.5. The summed E-state index contributed by atoms with van der Waals surface area (Å²) in [6, 6.07) is 10.1. The van der Waals surface area contributed by atoms with Gasteiger partial charge in [0.2, 0.25) is 0 Å². The molecule has 0 amide bonds. The van der Waals surface area contributed by atoms with Crippen molar-refractivity contribution in [1.29, 1.82) is 0 Å². The van der Waals surface area contributed by atoms with Crippen molar-refractivity contribution in [2.24, 2.45) is 0 Å². The highest BCUT2D eigenvalue weighted by molar-refractivity contribution is 5.85. The number of nitrogens with one attached hydrogen (secondary N) is 1. The minimum atomic E-state index is 0. The lowest BCUT2D eigenvalue weighted by molar-refractivity contribution is 0.208. The molecule has 0 saturated heterocycles. The second-order valence-electron chi connectivity index (χ2n) is 9.36. The minimum Gasteiger partial charge on any atom is -0.492 e. The fourth-order valence-corrected chi connectivity index (χ4v) is 3.75. The molecule has 1 rings (SSSR count). The van der Waals surface area contributed by atoms with Crippen LogP contribution in [0.5, 0.6) is 5.75 Å². The number of rotatable bonds is 20. The lowest BCUT2D eigenvalue weighted by atomic mass is 10.0. The van der Waals surface area contributed by atoms with Gasteiger partial charge in [0.15, 0.2) is 0 Å². The number of hydrogen-bond acceptors (Lipinski definition) is 2. The Morgan fingerprint density at radius 1 is 0.667 bits per heavy atom. The molecule has 0 aliphatic heterocycles. The monoisotopic (exact) mass is 439 g/mol. The molecule has 0 bridgehead atoms. The molecular formula is C27H50ClNO. The van der Waals surface area contributed by atoms with Crippen LogP contribution in [0.1, 0.15) is 117 Å². The maximum atomic E-state index is 5.89. The van der Waals surface area contributed by atoms with Gasteiger partial charge in [-0.1, -0.05) is 115 Å². The van der Waals surface area contributed by atoms with Gasteiger partial charge in [0.25, 0.3) is 0 Å². The third-order valence-corrected chi connectivity index (χ3v) is 5.73. The maximum absolute atomic E-state index is 5.89. The van der Waals surface area contributed by atoms with E-state index in [1.54, 1.807) is 0 Å². The predicted molar refractivity (Wildman–Crippen MR) is 136 cm³/mol. The van der Waals surface area contributed by atoms with E-state index in [0.717, 1.165) is 12.3 Å². The minimum absolute atomic E-state index is 0. The molecular weight excluding hydrogens is 390 g/mol. The summed E-state index contributed by atoms with van der Waals surface area (Å²) in [6.07, 6.45) is 21.3. The molecule has 0 spiro atoms. The first-order valence-electron chi connectivity index (χ1n) is 12.6. The molecule has 0 atom stereocenters. The van der Waals surface area contributed by atoms with Crippen molar-refractivity contribution in [3.05, 3.63) is 30.3 Å². The molecule has 1 N–H and O–H groups in total. The van der Waals surface area contributed by atoms with Gasteiger partial charge in [-0.2, -0.15) is 0 Å². The van der Waals surface area contributed by atoms with Crippen LogP contribution in [0.3, 0.4) is 0 Å². The number of ether oxygens (including phenoxy) is 1. The molecule has 0 radical (unpaired) electrons. The molecule has 1 aromatic rings. The Hall–Kier alpha value is -0.730. The smallest absolute Gasteiger partial charge is 0.119 e. The topological polar surface area (TPSA) is 21.3 Å². The van der Waals surface area contributed by atoms with Gasteiger partial charge in [-0.15, -0.1) is 12.4 Å². The quantitative estimate of drug-likeness (QED) is 0.205. The molecule has 0 unspecified atom stereocenters. The van der Waals surface area contributed by atoms with Crippen molar-refractivity contribution in [3.8, 4) is 5.75 Å². The molecule has 3 heteroatoms. The fraction of sp³-hybridized carbons (Fsp3) is 0.778. The van der Waals surface area contributed by atoms with E-state index in [-0.39, 0.29) is 17.9 Å². The zero-order valence-corrected chi connectivity index (χ0v) is 21.0. The Bertz CT molecular complexity index is 463. The fourth-order valence-electron chi connectivity index (χ4n) is 3.75. The number of benzene rings is 1. The summed E-state index contributed by atoms with van der Waals surface area (Å²) in [6.45, 7) is 8.53. The Balaban J connectivity index is 0.00000841. The Morgan fingerprint density at radius 3 is 1.57 bits per heavy atom. The van der Waals surface area contributed by atoms with Gasteiger partial charge in [0.1, 0.15) is 12.4 Å². The number of halogens is 1. The summed E-state index contributed by atoms with van der Waals surface area (Å²) in [4.78, 5) is 0. The summed E-state index contributed by atoms with van der Waals surface area (Å²) in [7, 11) is 0. The zero-order chi connectivity index (χ0) is 21.0. The molecule has 0 aromatic heterocycles. The van der Waals surface area contributed by atoms with Crippen LogP contribution < -0.4 is 10.1 Å². The Kier molecular flexibility index (Phi) is 19.7. The third-order valence-electron chi connectivity index (χ3n) is 5.73. The van der Waals surface area contributed by atoms with Crippen LogP contribution in [0.15, 0.2) is 30.3 Å². The largest absolute Gasteiger partial charge is 0.492 e. The first-order chi connectivity index (χ1) is 14.1. The summed E-state index contributed by atoms with van der Waals surface area (Å²) >= 11 is 0. The van der Waals surface area contributed by atoms with E-state index >= 15 is 0 Å². The summed E-state index contributed by atoms with van der Waals surface area (Å²) in [5.41, 5.74) is 0.0197. The van der Waals surface area contributed by atoms with E-state index < -0.39 is 0 Å². The summed E-state index contributed by atoms with van der Waals surface area (Å²) in [5.74, 6) is 0.953. The van der Waals surface area contributed by atoms with E-state index in [4.69, 9.17) is 4.74 Å². The molecule has 0 saturated carbocycles. The summed E-state index contributed by atoms with van der Waals surface area (Å²) in [5, 5.41) is 3.65. The molecule has 0 aliphatic rings. The average Bonchev–Trinajstić information content (AvgIpc) is 2.73. The third kappa shape index (κ3) is 18.1. The molecule has 0 aliphatic carbocycles. The van der Waals surface area contributed by atoms with Crippen LogP contribution in [-0.4, -0.2) is 18.7 Å². The molecule has 176 valence electrons. The van der Waals surface area contributed by atoms with Crippen molar-refractivity contribution in [3.63, 3.8) is 0 Å². The normalized spacial score (nSPS) is 11.3. The van der Waals surface area contributed by atoms with Crippen LogP contribution in [-0.2, 0) is 0 Å². The SMILES string of the molecule is CCCCCCCCCCCCCCCCCNC(C)(C)COc1ccccc1.Cl. The van der Waals surface area contributed by atoms with E-state index in [2.05, 4.69) is 26.1 Å².